The van der Waals surface area contributed by atoms with Crippen LogP contribution in [0.5, 0.6) is 0 Å². The molecule has 16 heavy (non-hydrogen) atoms. The van der Waals surface area contributed by atoms with E-state index in [0.717, 1.165) is 31.9 Å². The molecule has 6 nitrogen and oxygen atoms in total. The average Bonchev–Trinajstić information content (AvgIpc) is 1.99. The van der Waals surface area contributed by atoms with Crippen LogP contribution in [-0.2, 0) is 24.4 Å². The molecule has 0 saturated heterocycles. The molecule has 0 atom stereocenters. The molecular formula is C8H18O6S2. The van der Waals surface area contributed by atoms with Crippen LogP contribution in [0.4, 0.5) is 0 Å². The summed E-state index contributed by atoms with van der Waals surface area (Å²) in [5.41, 5.74) is 0. The van der Waals surface area contributed by atoms with E-state index in [1.165, 1.54) is 6.42 Å². The molecule has 0 heterocycles. The van der Waals surface area contributed by atoms with Crippen molar-refractivity contribution in [2.45, 2.75) is 38.2 Å². The van der Waals surface area contributed by atoms with Gasteiger partial charge in [-0.25, -0.2) is 0 Å². The minimum atomic E-state index is -3.67. The number of rotatable bonds is 2. The number of hydrogen-bond acceptors (Lipinski definition) is 5. The largest absolute Gasteiger partial charge is 0.286 e. The molecule has 1 aliphatic carbocycles. The summed E-state index contributed by atoms with van der Waals surface area (Å²) in [6.45, 7) is 0. The summed E-state index contributed by atoms with van der Waals surface area (Å²) in [6.07, 6.45) is 6.98. The zero-order valence-corrected chi connectivity index (χ0v) is 11.1. The van der Waals surface area contributed by atoms with Crippen molar-refractivity contribution in [2.75, 3.05) is 12.5 Å². The molecule has 0 aromatic rings. The third-order valence-electron chi connectivity index (χ3n) is 1.86. The SMILES string of the molecule is CS(=O)(=O)O.CS(=O)(=O)OC1CCCCC1. The topological polar surface area (TPSA) is 97.7 Å². The molecule has 8 heteroatoms. The van der Waals surface area contributed by atoms with Gasteiger partial charge in [-0.1, -0.05) is 19.3 Å². The first kappa shape index (κ1) is 15.8. The maximum absolute atomic E-state index is 10.7. The summed E-state index contributed by atoms with van der Waals surface area (Å²) in [5.74, 6) is 0. The van der Waals surface area contributed by atoms with Crippen LogP contribution in [0.15, 0.2) is 0 Å². The van der Waals surface area contributed by atoms with E-state index in [0.29, 0.717) is 6.26 Å². The Morgan fingerprint density at radius 1 is 1.00 bits per heavy atom. The molecule has 98 valence electrons. The van der Waals surface area contributed by atoms with Gasteiger partial charge in [0.1, 0.15) is 0 Å². The molecule has 0 aliphatic heterocycles. The van der Waals surface area contributed by atoms with Crippen LogP contribution < -0.4 is 0 Å². The molecule has 1 aliphatic rings. The van der Waals surface area contributed by atoms with Crippen molar-refractivity contribution in [1.29, 1.82) is 0 Å². The van der Waals surface area contributed by atoms with Crippen molar-refractivity contribution in [3.63, 3.8) is 0 Å². The Kier molecular flexibility index (Phi) is 6.46. The van der Waals surface area contributed by atoms with Gasteiger partial charge in [-0.05, 0) is 12.8 Å². The quantitative estimate of drug-likeness (QED) is 0.591. The van der Waals surface area contributed by atoms with Crippen LogP contribution in [0.1, 0.15) is 32.1 Å². The Morgan fingerprint density at radius 3 is 1.69 bits per heavy atom. The second-order valence-corrected chi connectivity index (χ2v) is 6.86. The second kappa shape index (κ2) is 6.53. The highest BCUT2D eigenvalue weighted by molar-refractivity contribution is 7.86. The Hall–Kier alpha value is -0.180. The van der Waals surface area contributed by atoms with E-state index in [9.17, 15) is 16.8 Å². The van der Waals surface area contributed by atoms with Crippen molar-refractivity contribution >= 4 is 20.2 Å². The van der Waals surface area contributed by atoms with E-state index in [4.69, 9.17) is 8.74 Å². The summed E-state index contributed by atoms with van der Waals surface area (Å²) in [5, 5.41) is 0. The summed E-state index contributed by atoms with van der Waals surface area (Å²) in [6, 6.07) is 0. The zero-order chi connectivity index (χ0) is 12.8. The van der Waals surface area contributed by atoms with Crippen LogP contribution in [0.25, 0.3) is 0 Å². The highest BCUT2D eigenvalue weighted by Crippen LogP contribution is 2.21. The van der Waals surface area contributed by atoms with E-state index in [2.05, 4.69) is 0 Å². The van der Waals surface area contributed by atoms with E-state index in [1.807, 2.05) is 0 Å². The van der Waals surface area contributed by atoms with Crippen molar-refractivity contribution in [2.24, 2.45) is 0 Å². The molecule has 1 rings (SSSR count). The molecule has 1 N–H and O–H groups in total. The van der Waals surface area contributed by atoms with E-state index < -0.39 is 20.2 Å². The summed E-state index contributed by atoms with van der Waals surface area (Å²) in [7, 11) is -6.89. The molecule has 0 spiro atoms. The molecule has 0 radical (unpaired) electrons. The summed E-state index contributed by atoms with van der Waals surface area (Å²) < 4.78 is 52.1. The second-order valence-electron chi connectivity index (χ2n) is 3.79. The van der Waals surface area contributed by atoms with Crippen LogP contribution >= 0.6 is 0 Å². The van der Waals surface area contributed by atoms with E-state index in [-0.39, 0.29) is 6.10 Å². The van der Waals surface area contributed by atoms with E-state index in [1.54, 1.807) is 0 Å². The maximum Gasteiger partial charge on any atom is 0.264 e. The van der Waals surface area contributed by atoms with Crippen LogP contribution in [0.3, 0.4) is 0 Å². The highest BCUT2D eigenvalue weighted by atomic mass is 32.2. The fourth-order valence-electron chi connectivity index (χ4n) is 1.41. The van der Waals surface area contributed by atoms with Gasteiger partial charge in [0.25, 0.3) is 20.2 Å². The van der Waals surface area contributed by atoms with Crippen LogP contribution in [0.2, 0.25) is 0 Å². The van der Waals surface area contributed by atoms with Gasteiger partial charge in [0.15, 0.2) is 0 Å². The Morgan fingerprint density at radius 2 is 1.38 bits per heavy atom. The molecule has 1 fully saturated rings. The third-order valence-corrected chi connectivity index (χ3v) is 2.48. The van der Waals surface area contributed by atoms with Gasteiger partial charge >= 0.3 is 0 Å². The lowest BCUT2D eigenvalue weighted by molar-refractivity contribution is 0.164. The van der Waals surface area contributed by atoms with Crippen LogP contribution in [0, 0.1) is 0 Å². The molecule has 0 aromatic carbocycles. The molecule has 1 saturated carbocycles. The number of hydrogen-bond donors (Lipinski definition) is 1. The first-order valence-electron chi connectivity index (χ1n) is 4.88. The van der Waals surface area contributed by atoms with Crippen LogP contribution in [-0.4, -0.2) is 40.0 Å². The fraction of sp³-hybridized carbons (Fsp3) is 1.00. The summed E-state index contributed by atoms with van der Waals surface area (Å²) in [4.78, 5) is 0. The minimum Gasteiger partial charge on any atom is -0.286 e. The lowest BCUT2D eigenvalue weighted by Crippen LogP contribution is -2.20. The molecule has 0 bridgehead atoms. The first-order valence-corrected chi connectivity index (χ1v) is 8.55. The smallest absolute Gasteiger partial charge is 0.264 e. The van der Waals surface area contributed by atoms with Crippen molar-refractivity contribution in [3.05, 3.63) is 0 Å². The van der Waals surface area contributed by atoms with Gasteiger partial charge in [0, 0.05) is 0 Å². The molecule has 0 amide bonds. The van der Waals surface area contributed by atoms with Gasteiger partial charge in [-0.2, -0.15) is 16.8 Å². The lowest BCUT2D eigenvalue weighted by atomic mass is 9.98. The normalized spacial score (nSPS) is 18.7. The predicted octanol–water partition coefficient (Wildman–Crippen LogP) is 0.799. The maximum atomic E-state index is 10.7. The summed E-state index contributed by atoms with van der Waals surface area (Å²) >= 11 is 0. The van der Waals surface area contributed by atoms with Gasteiger partial charge in [-0.15, -0.1) is 0 Å². The zero-order valence-electron chi connectivity index (χ0n) is 9.42. The van der Waals surface area contributed by atoms with Gasteiger partial charge < -0.3 is 0 Å². The monoisotopic (exact) mass is 274 g/mol. The lowest BCUT2D eigenvalue weighted by Gasteiger charge is -2.19. The Balaban J connectivity index is 0.000000385. The molecule has 0 aromatic heterocycles. The van der Waals surface area contributed by atoms with Gasteiger partial charge in [0.2, 0.25) is 0 Å². The Bertz CT molecular complexity index is 369. The van der Waals surface area contributed by atoms with Crippen molar-refractivity contribution in [1.82, 2.24) is 0 Å². The minimum absolute atomic E-state index is 0.0428. The van der Waals surface area contributed by atoms with Gasteiger partial charge in [0.05, 0.1) is 18.6 Å². The highest BCUT2D eigenvalue weighted by Gasteiger charge is 2.17. The molecular weight excluding hydrogens is 256 g/mol. The first-order chi connectivity index (χ1) is 7.08. The van der Waals surface area contributed by atoms with Crippen molar-refractivity contribution < 1.29 is 25.6 Å². The fourth-order valence-corrected chi connectivity index (χ4v) is 2.10. The molecule has 0 unspecified atom stereocenters. The van der Waals surface area contributed by atoms with E-state index >= 15 is 0 Å². The standard InChI is InChI=1S/C7H14O3S.CH4O3S/c1-11(8,9)10-7-5-3-2-4-6-7;1-5(2,3)4/h7H,2-6H2,1H3;1H3,(H,2,3,4). The average molecular weight is 274 g/mol. The van der Waals surface area contributed by atoms with Gasteiger partial charge in [-0.3, -0.25) is 8.74 Å². The van der Waals surface area contributed by atoms with Crippen molar-refractivity contribution in [3.8, 4) is 0 Å². The Labute approximate surface area is 96.9 Å². The predicted molar refractivity (Wildman–Crippen MR) is 60.3 cm³/mol. The third kappa shape index (κ3) is 13.8.